The van der Waals surface area contributed by atoms with Gasteiger partial charge in [-0.25, -0.2) is 9.97 Å². The van der Waals surface area contributed by atoms with Crippen LogP contribution in [-0.4, -0.2) is 59.3 Å². The molecule has 1 fully saturated rings. The lowest BCUT2D eigenvalue weighted by atomic mass is 9.99. The Morgan fingerprint density at radius 1 is 1.25 bits per heavy atom. The maximum absolute atomic E-state index is 13.4. The fraction of sp³-hybridized carbons (Fsp3) is 0.500. The van der Waals surface area contributed by atoms with Crippen LogP contribution in [0.5, 0.6) is 5.75 Å². The number of hydrogen-bond acceptors (Lipinski definition) is 6. The van der Waals surface area contributed by atoms with E-state index < -0.39 is 0 Å². The number of benzene rings is 1. The zero-order valence-corrected chi connectivity index (χ0v) is 19.6. The van der Waals surface area contributed by atoms with Crippen LogP contribution in [0, 0.1) is 6.92 Å². The molecule has 2 heterocycles. The van der Waals surface area contributed by atoms with E-state index in [9.17, 15) is 9.59 Å². The molecule has 8 heteroatoms. The highest BCUT2D eigenvalue weighted by molar-refractivity contribution is 5.80. The average Bonchev–Trinajstić information content (AvgIpc) is 2.78. The molecule has 0 saturated carbocycles. The molecule has 0 spiro atoms. The Morgan fingerprint density at radius 3 is 2.72 bits per heavy atom. The summed E-state index contributed by atoms with van der Waals surface area (Å²) in [5.41, 5.74) is 2.72. The number of carbonyl (C=O) groups is 2. The van der Waals surface area contributed by atoms with Gasteiger partial charge in [-0.05, 0) is 32.3 Å². The summed E-state index contributed by atoms with van der Waals surface area (Å²) in [6.45, 7) is 4.60. The van der Waals surface area contributed by atoms with Crippen LogP contribution in [-0.2, 0) is 22.6 Å². The topological polar surface area (TPSA) is 87.7 Å². The average molecular weight is 440 g/mol. The molecule has 172 valence electrons. The first-order chi connectivity index (χ1) is 15.3. The normalized spacial score (nSPS) is 15.9. The Kier molecular flexibility index (Phi) is 7.66. The summed E-state index contributed by atoms with van der Waals surface area (Å²) in [6.07, 6.45) is 3.05. The van der Waals surface area contributed by atoms with Gasteiger partial charge in [0, 0.05) is 39.2 Å². The molecule has 0 aliphatic carbocycles. The Morgan fingerprint density at radius 2 is 2.03 bits per heavy atom. The van der Waals surface area contributed by atoms with Gasteiger partial charge in [0.25, 0.3) is 0 Å². The molecule has 1 unspecified atom stereocenters. The van der Waals surface area contributed by atoms with Crippen molar-refractivity contribution in [3.8, 4) is 5.75 Å². The molecule has 1 aromatic carbocycles. The smallest absolute Gasteiger partial charge is 0.227 e. The van der Waals surface area contributed by atoms with Gasteiger partial charge in [-0.15, -0.1) is 0 Å². The number of rotatable bonds is 7. The number of aromatic nitrogens is 2. The summed E-state index contributed by atoms with van der Waals surface area (Å²) in [6, 6.07) is 7.54. The number of likely N-dealkylation sites (tertiary alicyclic amines) is 1. The van der Waals surface area contributed by atoms with Gasteiger partial charge in [-0.2, -0.15) is 0 Å². The van der Waals surface area contributed by atoms with Crippen molar-refractivity contribution in [2.45, 2.75) is 52.1 Å². The molecular weight excluding hydrogens is 406 g/mol. The van der Waals surface area contributed by atoms with E-state index in [4.69, 9.17) is 9.72 Å². The molecule has 3 rings (SSSR count). The van der Waals surface area contributed by atoms with Crippen molar-refractivity contribution in [1.29, 1.82) is 0 Å². The minimum absolute atomic E-state index is 0.0299. The van der Waals surface area contributed by atoms with Gasteiger partial charge in [0.05, 0.1) is 31.8 Å². The van der Waals surface area contributed by atoms with Crippen molar-refractivity contribution >= 4 is 17.6 Å². The van der Waals surface area contributed by atoms with Gasteiger partial charge in [0.15, 0.2) is 5.82 Å². The second-order valence-electron chi connectivity index (χ2n) is 8.32. The maximum atomic E-state index is 13.4. The summed E-state index contributed by atoms with van der Waals surface area (Å²) >= 11 is 0. The van der Waals surface area contributed by atoms with Crippen LogP contribution in [0.15, 0.2) is 24.3 Å². The van der Waals surface area contributed by atoms with Crippen LogP contribution in [0.1, 0.15) is 54.9 Å². The Hall–Kier alpha value is -3.16. The van der Waals surface area contributed by atoms with Crippen LogP contribution in [0.3, 0.4) is 0 Å². The number of methoxy groups -OCH3 is 1. The number of nitrogens with zero attached hydrogens (tertiary/aromatic N) is 4. The Bertz CT molecular complexity index is 978. The van der Waals surface area contributed by atoms with Gasteiger partial charge in [0.1, 0.15) is 11.6 Å². The zero-order chi connectivity index (χ0) is 23.3. The van der Waals surface area contributed by atoms with Crippen LogP contribution >= 0.6 is 0 Å². The molecule has 1 aliphatic rings. The first kappa shape index (κ1) is 23.5. The fourth-order valence-electron chi connectivity index (χ4n) is 4.04. The van der Waals surface area contributed by atoms with E-state index in [0.29, 0.717) is 24.7 Å². The third-order valence-corrected chi connectivity index (χ3v) is 5.89. The number of hydrogen-bond donors (Lipinski definition) is 1. The summed E-state index contributed by atoms with van der Waals surface area (Å²) in [5, 5.41) is 3.08. The number of ether oxygens (including phenoxy) is 1. The van der Waals surface area contributed by atoms with Gasteiger partial charge >= 0.3 is 0 Å². The third kappa shape index (κ3) is 5.55. The molecule has 2 amide bonds. The monoisotopic (exact) mass is 439 g/mol. The fourth-order valence-corrected chi connectivity index (χ4v) is 4.04. The first-order valence-electron chi connectivity index (χ1n) is 11.0. The molecule has 8 nitrogen and oxygen atoms in total. The summed E-state index contributed by atoms with van der Waals surface area (Å²) in [7, 11) is 5.17. The van der Waals surface area contributed by atoms with E-state index in [1.165, 1.54) is 6.92 Å². The van der Waals surface area contributed by atoms with E-state index in [0.717, 1.165) is 41.8 Å². The lowest BCUT2D eigenvalue weighted by Crippen LogP contribution is -2.40. The standard InChI is InChI=1S/C24H33N5O3/c1-16-9-10-21(32-5)18(12-16)13-23(31)29-11-7-6-8-20(29)24-26-19(14-22(25-3)27-24)15-28(4)17(2)30/h9-10,12,14,20H,6-8,11,13,15H2,1-5H3,(H,25,26,27). The SMILES string of the molecule is CNc1cc(CN(C)C(C)=O)nc(C2CCCCN2C(=O)Cc2cc(C)ccc2OC)n1. The Labute approximate surface area is 190 Å². The van der Waals surface area contributed by atoms with Crippen LogP contribution in [0.2, 0.25) is 0 Å². The van der Waals surface area contributed by atoms with Crippen molar-refractivity contribution in [3.63, 3.8) is 0 Å². The lowest BCUT2D eigenvalue weighted by molar-refractivity contribution is -0.134. The van der Waals surface area contributed by atoms with Crippen LogP contribution in [0.25, 0.3) is 0 Å². The zero-order valence-electron chi connectivity index (χ0n) is 19.6. The lowest BCUT2D eigenvalue weighted by Gasteiger charge is -2.35. The van der Waals surface area contributed by atoms with Crippen molar-refractivity contribution in [1.82, 2.24) is 19.8 Å². The molecule has 1 aromatic heterocycles. The predicted molar refractivity (Wildman–Crippen MR) is 123 cm³/mol. The number of aryl methyl sites for hydroxylation is 1. The number of amides is 2. The molecule has 32 heavy (non-hydrogen) atoms. The highest BCUT2D eigenvalue weighted by atomic mass is 16.5. The Balaban J connectivity index is 1.88. The number of nitrogens with one attached hydrogen (secondary N) is 1. The maximum Gasteiger partial charge on any atom is 0.227 e. The number of anilines is 1. The quantitative estimate of drug-likeness (QED) is 0.713. The molecule has 1 atom stereocenters. The molecule has 1 aliphatic heterocycles. The van der Waals surface area contributed by atoms with Gasteiger partial charge in [-0.1, -0.05) is 17.7 Å². The van der Waals surface area contributed by atoms with E-state index in [-0.39, 0.29) is 24.3 Å². The summed E-state index contributed by atoms with van der Waals surface area (Å²) < 4.78 is 5.47. The van der Waals surface area contributed by atoms with E-state index in [1.807, 2.05) is 36.1 Å². The molecule has 1 saturated heterocycles. The van der Waals surface area contributed by atoms with Crippen molar-refractivity contribution in [3.05, 3.63) is 46.9 Å². The van der Waals surface area contributed by atoms with Crippen molar-refractivity contribution in [2.75, 3.05) is 33.1 Å². The predicted octanol–water partition coefficient (Wildman–Crippen LogP) is 3.11. The third-order valence-electron chi connectivity index (χ3n) is 5.89. The van der Waals surface area contributed by atoms with E-state index in [1.54, 1.807) is 26.1 Å². The highest BCUT2D eigenvalue weighted by Gasteiger charge is 2.31. The van der Waals surface area contributed by atoms with Crippen molar-refractivity contribution < 1.29 is 14.3 Å². The minimum atomic E-state index is -0.193. The first-order valence-corrected chi connectivity index (χ1v) is 11.0. The number of carbonyl (C=O) groups excluding carboxylic acids is 2. The van der Waals surface area contributed by atoms with E-state index >= 15 is 0 Å². The van der Waals surface area contributed by atoms with Gasteiger partial charge in [-0.3, -0.25) is 9.59 Å². The van der Waals surface area contributed by atoms with Crippen molar-refractivity contribution in [2.24, 2.45) is 0 Å². The molecule has 2 aromatic rings. The summed E-state index contributed by atoms with van der Waals surface area (Å²) in [5.74, 6) is 2.03. The second kappa shape index (κ2) is 10.4. The molecule has 0 radical (unpaired) electrons. The molecule has 1 N–H and O–H groups in total. The second-order valence-corrected chi connectivity index (χ2v) is 8.32. The molecule has 0 bridgehead atoms. The van der Waals surface area contributed by atoms with Gasteiger partial charge < -0.3 is 19.9 Å². The minimum Gasteiger partial charge on any atom is -0.496 e. The highest BCUT2D eigenvalue weighted by Crippen LogP contribution is 2.31. The largest absolute Gasteiger partial charge is 0.496 e. The van der Waals surface area contributed by atoms with Gasteiger partial charge in [0.2, 0.25) is 11.8 Å². The summed E-state index contributed by atoms with van der Waals surface area (Å²) in [4.78, 5) is 38.0. The number of piperidine rings is 1. The van der Waals surface area contributed by atoms with Crippen LogP contribution in [0.4, 0.5) is 5.82 Å². The molecular formula is C24H33N5O3. The van der Waals surface area contributed by atoms with E-state index in [2.05, 4.69) is 10.3 Å². The van der Waals surface area contributed by atoms with Crippen LogP contribution < -0.4 is 10.1 Å².